The molecule has 2 amide bonds. The number of amides is 2. The fourth-order valence-electron chi connectivity index (χ4n) is 4.39. The van der Waals surface area contributed by atoms with E-state index < -0.39 is 39.4 Å². The number of hydrogen-bond acceptors (Lipinski definition) is 9. The second-order valence-corrected chi connectivity index (χ2v) is 13.1. The van der Waals surface area contributed by atoms with Gasteiger partial charge in [0.1, 0.15) is 11.2 Å². The Morgan fingerprint density at radius 1 is 1.00 bits per heavy atom. The Hall–Kier alpha value is -4.26. The zero-order chi connectivity index (χ0) is 30.5. The Kier molecular flexibility index (Phi) is 7.46. The molecule has 1 aliphatic heterocycles. The van der Waals surface area contributed by atoms with Crippen molar-refractivity contribution in [2.24, 2.45) is 0 Å². The van der Waals surface area contributed by atoms with E-state index in [-0.39, 0.29) is 40.4 Å². The standard InChI is InChI=1S/C28H33N3O9S/c1-27(2,3)38-25(33)30-16-9-10-19-15(11-16)12-20(31(19)26(34)39-28(4,5)6)17-13-21(37-7)23(40-41(8,35)36)18-14-29-24(32)22(17)18/h9-13H,14H2,1-8H3,(H,29,32)(H,30,33). The lowest BCUT2D eigenvalue weighted by atomic mass is 9.98. The van der Waals surface area contributed by atoms with Crippen LogP contribution in [0.5, 0.6) is 11.5 Å². The molecule has 13 heteroatoms. The number of ether oxygens (including phenoxy) is 3. The third-order valence-electron chi connectivity index (χ3n) is 5.75. The number of fused-ring (bicyclic) bond motifs is 2. The Balaban J connectivity index is 1.95. The second kappa shape index (κ2) is 10.3. The van der Waals surface area contributed by atoms with Gasteiger partial charge in [0.25, 0.3) is 5.91 Å². The number of benzene rings is 2. The Morgan fingerprint density at radius 3 is 2.24 bits per heavy atom. The molecule has 0 aliphatic carbocycles. The summed E-state index contributed by atoms with van der Waals surface area (Å²) in [6.07, 6.45) is -0.470. The van der Waals surface area contributed by atoms with Gasteiger partial charge in [-0.05, 0) is 71.9 Å². The highest BCUT2D eigenvalue weighted by molar-refractivity contribution is 7.86. The van der Waals surface area contributed by atoms with Gasteiger partial charge in [0.05, 0.1) is 30.1 Å². The number of aromatic nitrogens is 1. The van der Waals surface area contributed by atoms with Crippen LogP contribution in [0, 0.1) is 0 Å². The van der Waals surface area contributed by atoms with Gasteiger partial charge in [-0.3, -0.25) is 10.1 Å². The smallest absolute Gasteiger partial charge is 0.419 e. The second-order valence-electron chi connectivity index (χ2n) is 11.5. The van der Waals surface area contributed by atoms with Gasteiger partial charge in [-0.2, -0.15) is 8.42 Å². The monoisotopic (exact) mass is 587 g/mol. The third-order valence-corrected chi connectivity index (χ3v) is 6.22. The van der Waals surface area contributed by atoms with Crippen LogP contribution >= 0.6 is 0 Å². The molecule has 3 aromatic rings. The molecule has 41 heavy (non-hydrogen) atoms. The van der Waals surface area contributed by atoms with Crippen molar-refractivity contribution >= 4 is 44.8 Å². The van der Waals surface area contributed by atoms with Crippen molar-refractivity contribution in [1.82, 2.24) is 9.88 Å². The average molecular weight is 588 g/mol. The minimum Gasteiger partial charge on any atom is -0.493 e. The van der Waals surface area contributed by atoms with Gasteiger partial charge < -0.3 is 23.7 Å². The molecule has 0 bridgehead atoms. The van der Waals surface area contributed by atoms with Crippen molar-refractivity contribution in [2.45, 2.75) is 59.3 Å². The molecule has 0 spiro atoms. The molecule has 0 saturated heterocycles. The van der Waals surface area contributed by atoms with Crippen LogP contribution in [0.3, 0.4) is 0 Å². The first-order valence-electron chi connectivity index (χ1n) is 12.7. The van der Waals surface area contributed by atoms with Crippen LogP contribution in [0.4, 0.5) is 15.3 Å². The molecular formula is C28H33N3O9S. The predicted octanol–water partition coefficient (Wildman–Crippen LogP) is 5.03. The van der Waals surface area contributed by atoms with E-state index in [0.717, 1.165) is 6.26 Å². The lowest BCUT2D eigenvalue weighted by Crippen LogP contribution is -2.27. The SMILES string of the molecule is COc1cc(-c2cc3cc(NC(=O)OC(C)(C)C)ccc3n2C(=O)OC(C)(C)C)c2c(c1OS(C)(=O)=O)CNC2=O. The summed E-state index contributed by atoms with van der Waals surface area (Å²) < 4.78 is 47.0. The zero-order valence-electron chi connectivity index (χ0n) is 24.1. The average Bonchev–Trinajstić information content (AvgIpc) is 3.37. The van der Waals surface area contributed by atoms with Gasteiger partial charge in [-0.1, -0.05) is 0 Å². The van der Waals surface area contributed by atoms with Crippen LogP contribution in [-0.4, -0.2) is 55.6 Å². The lowest BCUT2D eigenvalue weighted by Gasteiger charge is -2.22. The van der Waals surface area contributed by atoms with Gasteiger partial charge in [0, 0.05) is 28.7 Å². The molecule has 2 N–H and O–H groups in total. The Bertz CT molecular complexity index is 1680. The van der Waals surface area contributed by atoms with E-state index in [1.165, 1.54) is 17.7 Å². The largest absolute Gasteiger partial charge is 0.493 e. The molecule has 0 atom stereocenters. The van der Waals surface area contributed by atoms with Crippen LogP contribution in [-0.2, 0) is 26.1 Å². The molecule has 0 radical (unpaired) electrons. The highest BCUT2D eigenvalue weighted by Crippen LogP contribution is 2.44. The molecule has 2 aromatic carbocycles. The number of carbonyl (C=O) groups is 3. The molecule has 2 heterocycles. The summed E-state index contributed by atoms with van der Waals surface area (Å²) in [7, 11) is -2.62. The zero-order valence-corrected chi connectivity index (χ0v) is 24.9. The number of anilines is 1. The maximum atomic E-state index is 13.6. The number of rotatable bonds is 5. The molecule has 0 unspecified atom stereocenters. The number of nitrogens with one attached hydrogen (secondary N) is 2. The summed E-state index contributed by atoms with van der Waals surface area (Å²) in [5, 5.41) is 5.91. The molecule has 12 nitrogen and oxygen atoms in total. The number of carbonyl (C=O) groups excluding carboxylic acids is 3. The fourth-order valence-corrected chi connectivity index (χ4v) is 4.88. The van der Waals surface area contributed by atoms with E-state index in [1.54, 1.807) is 65.8 Å². The predicted molar refractivity (Wildman–Crippen MR) is 152 cm³/mol. The van der Waals surface area contributed by atoms with Crippen LogP contribution in [0.25, 0.3) is 22.2 Å². The van der Waals surface area contributed by atoms with Crippen molar-refractivity contribution < 1.29 is 41.2 Å². The normalized spacial score (nSPS) is 13.4. The van der Waals surface area contributed by atoms with Crippen LogP contribution in [0.2, 0.25) is 0 Å². The fraction of sp³-hybridized carbons (Fsp3) is 0.393. The molecular weight excluding hydrogens is 554 g/mol. The van der Waals surface area contributed by atoms with E-state index in [2.05, 4.69) is 10.6 Å². The van der Waals surface area contributed by atoms with Crippen molar-refractivity contribution in [3.8, 4) is 22.8 Å². The molecule has 220 valence electrons. The summed E-state index contributed by atoms with van der Waals surface area (Å²) in [4.78, 5) is 39.0. The van der Waals surface area contributed by atoms with Gasteiger partial charge in [-0.15, -0.1) is 0 Å². The van der Waals surface area contributed by atoms with E-state index in [1.807, 2.05) is 0 Å². The summed E-state index contributed by atoms with van der Waals surface area (Å²) >= 11 is 0. The lowest BCUT2D eigenvalue weighted by molar-refractivity contribution is 0.0545. The first kappa shape index (κ1) is 29.7. The molecule has 4 rings (SSSR count). The molecule has 1 aromatic heterocycles. The summed E-state index contributed by atoms with van der Waals surface area (Å²) in [6, 6.07) is 8.00. The van der Waals surface area contributed by atoms with Crippen LogP contribution < -0.4 is 19.6 Å². The van der Waals surface area contributed by atoms with Gasteiger partial charge in [-0.25, -0.2) is 14.2 Å². The summed E-state index contributed by atoms with van der Waals surface area (Å²) in [6.45, 7) is 10.4. The van der Waals surface area contributed by atoms with E-state index in [4.69, 9.17) is 18.4 Å². The van der Waals surface area contributed by atoms with Crippen molar-refractivity contribution in [3.63, 3.8) is 0 Å². The van der Waals surface area contributed by atoms with Gasteiger partial charge in [0.15, 0.2) is 11.5 Å². The van der Waals surface area contributed by atoms with Crippen LogP contribution in [0.1, 0.15) is 57.5 Å². The van der Waals surface area contributed by atoms with Crippen molar-refractivity contribution in [2.75, 3.05) is 18.7 Å². The molecule has 0 fully saturated rings. The minimum absolute atomic E-state index is 0.0140. The highest BCUT2D eigenvalue weighted by atomic mass is 32.2. The van der Waals surface area contributed by atoms with E-state index >= 15 is 0 Å². The quantitative estimate of drug-likeness (QED) is 0.392. The minimum atomic E-state index is -3.96. The van der Waals surface area contributed by atoms with E-state index in [9.17, 15) is 22.8 Å². The van der Waals surface area contributed by atoms with Gasteiger partial charge in [0.2, 0.25) is 0 Å². The number of nitrogens with zero attached hydrogens (tertiary/aromatic N) is 1. The highest BCUT2D eigenvalue weighted by Gasteiger charge is 2.34. The Labute approximate surface area is 238 Å². The van der Waals surface area contributed by atoms with Crippen LogP contribution in [0.15, 0.2) is 30.3 Å². The van der Waals surface area contributed by atoms with Crippen molar-refractivity contribution in [1.29, 1.82) is 0 Å². The maximum absolute atomic E-state index is 13.6. The first-order valence-corrected chi connectivity index (χ1v) is 14.5. The number of hydrogen-bond donors (Lipinski definition) is 2. The van der Waals surface area contributed by atoms with E-state index in [0.29, 0.717) is 16.6 Å². The molecule has 1 aliphatic rings. The van der Waals surface area contributed by atoms with Gasteiger partial charge >= 0.3 is 22.3 Å². The third kappa shape index (κ3) is 6.56. The Morgan fingerprint density at radius 2 is 1.66 bits per heavy atom. The molecule has 0 saturated carbocycles. The topological polar surface area (TPSA) is 151 Å². The van der Waals surface area contributed by atoms with Crippen molar-refractivity contribution in [3.05, 3.63) is 41.5 Å². The summed E-state index contributed by atoms with van der Waals surface area (Å²) in [5.41, 5.74) is 0.273. The maximum Gasteiger partial charge on any atom is 0.419 e. The summed E-state index contributed by atoms with van der Waals surface area (Å²) in [5.74, 6) is -0.547. The number of methoxy groups -OCH3 is 1. The first-order chi connectivity index (χ1) is 18.9.